The van der Waals surface area contributed by atoms with E-state index in [9.17, 15) is 54.4 Å². The molecule has 26 heavy (non-hydrogen) atoms. The summed E-state index contributed by atoms with van der Waals surface area (Å²) in [6, 6.07) is -0.559. The number of hydrogen-bond acceptors (Lipinski definition) is 5. The zero-order chi connectivity index (χ0) is 20.5. The van der Waals surface area contributed by atoms with Crippen molar-refractivity contribution in [3.63, 3.8) is 0 Å². The first-order chi connectivity index (χ1) is 11.5. The van der Waals surface area contributed by atoms with Gasteiger partial charge in [-0.15, -0.1) is 26.3 Å². The molecule has 0 heterocycles. The van der Waals surface area contributed by atoms with E-state index in [-0.39, 0.29) is 12.1 Å². The third-order valence-corrected chi connectivity index (χ3v) is 2.21. The molecule has 0 aliphatic rings. The highest BCUT2D eigenvalue weighted by atomic mass is 19.4. The molecule has 0 spiro atoms. The Morgan fingerprint density at radius 3 is 1.77 bits per heavy atom. The van der Waals surface area contributed by atoms with Gasteiger partial charge in [-0.2, -0.15) is 13.2 Å². The van der Waals surface area contributed by atoms with Crippen LogP contribution in [0.4, 0.5) is 50.9 Å². The van der Waals surface area contributed by atoms with E-state index in [4.69, 9.17) is 0 Å². The Kier molecular flexibility index (Phi) is 5.48. The molecule has 1 rings (SSSR count). The minimum absolute atomic E-state index is 0.268. The lowest BCUT2D eigenvalue weighted by Crippen LogP contribution is -2.30. The molecule has 0 radical (unpaired) electrons. The van der Waals surface area contributed by atoms with Crippen molar-refractivity contribution in [2.75, 3.05) is 5.32 Å². The maximum atomic E-state index is 12.3. The monoisotopic (exact) mass is 402 g/mol. The highest BCUT2D eigenvalue weighted by molar-refractivity contribution is 5.96. The Labute approximate surface area is 135 Å². The number of nitrogens with zero attached hydrogens (tertiary/aromatic N) is 1. The molecular weight excluding hydrogens is 399 g/mol. The summed E-state index contributed by atoms with van der Waals surface area (Å²) in [7, 11) is 0. The van der Waals surface area contributed by atoms with E-state index in [2.05, 4.69) is 9.47 Å². The number of hydrogen-bond donors (Lipinski definition) is 1. The average Bonchev–Trinajstić information content (AvgIpc) is 2.36. The van der Waals surface area contributed by atoms with Crippen LogP contribution in [0, 0.1) is 10.1 Å². The summed E-state index contributed by atoms with van der Waals surface area (Å²) in [5.74, 6) is -6.43. The molecule has 146 valence electrons. The van der Waals surface area contributed by atoms with Crippen LogP contribution in [0.1, 0.15) is 0 Å². The van der Waals surface area contributed by atoms with Gasteiger partial charge in [0.05, 0.1) is 16.7 Å². The SMILES string of the molecule is O=C(Nc1cc(OC(F)(F)F)c([N+](=O)[O-])cc1OC(F)(F)F)C(F)(F)F. The van der Waals surface area contributed by atoms with Crippen LogP contribution in [-0.4, -0.2) is 29.7 Å². The second-order valence-electron chi connectivity index (χ2n) is 4.12. The van der Waals surface area contributed by atoms with Crippen LogP contribution in [0.5, 0.6) is 11.5 Å². The van der Waals surface area contributed by atoms with Gasteiger partial charge in [0.15, 0.2) is 5.75 Å². The fourth-order valence-electron chi connectivity index (χ4n) is 1.40. The standard InChI is InChI=1S/C10H3F9N2O5/c11-8(12,13)7(22)20-3-1-6(26-10(17,18)19)4(21(23)24)2-5(3)25-9(14,15)16/h1-2H,(H,20,22). The summed E-state index contributed by atoms with van der Waals surface area (Å²) in [6.45, 7) is 0. The second kappa shape index (κ2) is 6.75. The molecular formula is C10H3F9N2O5. The summed E-state index contributed by atoms with van der Waals surface area (Å²) in [5, 5.41) is 11.5. The lowest BCUT2D eigenvalue weighted by Gasteiger charge is -2.17. The summed E-state index contributed by atoms with van der Waals surface area (Å²) < 4.78 is 116. The summed E-state index contributed by atoms with van der Waals surface area (Å²) >= 11 is 0. The fourth-order valence-corrected chi connectivity index (χ4v) is 1.40. The van der Waals surface area contributed by atoms with Crippen LogP contribution in [0.3, 0.4) is 0 Å². The van der Waals surface area contributed by atoms with E-state index in [0.717, 1.165) is 5.32 Å². The third kappa shape index (κ3) is 6.17. The van der Waals surface area contributed by atoms with E-state index in [1.165, 1.54) is 0 Å². The fraction of sp³-hybridized carbons (Fsp3) is 0.300. The maximum absolute atomic E-state index is 12.3. The van der Waals surface area contributed by atoms with Gasteiger partial charge in [-0.3, -0.25) is 14.9 Å². The van der Waals surface area contributed by atoms with Crippen molar-refractivity contribution in [3.8, 4) is 11.5 Å². The Bertz CT molecular complexity index is 711. The topological polar surface area (TPSA) is 90.7 Å². The van der Waals surface area contributed by atoms with Crippen molar-refractivity contribution in [1.29, 1.82) is 0 Å². The second-order valence-corrected chi connectivity index (χ2v) is 4.12. The average molecular weight is 402 g/mol. The molecule has 0 saturated carbocycles. The first-order valence-corrected chi connectivity index (χ1v) is 5.71. The number of ether oxygens (including phenoxy) is 2. The maximum Gasteiger partial charge on any atom is 0.573 e. The van der Waals surface area contributed by atoms with Crippen LogP contribution in [0.2, 0.25) is 0 Å². The van der Waals surface area contributed by atoms with Crippen LogP contribution in [0.15, 0.2) is 12.1 Å². The number of nitro groups is 1. The minimum Gasteiger partial charge on any atom is -0.403 e. The number of rotatable bonds is 4. The zero-order valence-electron chi connectivity index (χ0n) is 11.5. The number of halogens is 9. The van der Waals surface area contributed by atoms with Gasteiger partial charge in [-0.05, 0) is 0 Å². The summed E-state index contributed by atoms with van der Waals surface area (Å²) in [5.41, 5.74) is -3.32. The molecule has 0 saturated heterocycles. The molecule has 0 fully saturated rings. The van der Waals surface area contributed by atoms with Gasteiger partial charge in [-0.1, -0.05) is 0 Å². The Morgan fingerprint density at radius 1 is 0.923 bits per heavy atom. The van der Waals surface area contributed by atoms with Gasteiger partial charge in [0, 0.05) is 6.07 Å². The molecule has 1 aromatic rings. The van der Waals surface area contributed by atoms with E-state index in [1.807, 2.05) is 0 Å². The summed E-state index contributed by atoms with van der Waals surface area (Å²) in [6.07, 6.45) is -16.8. The number of anilines is 1. The van der Waals surface area contributed by atoms with Crippen molar-refractivity contribution >= 4 is 17.3 Å². The van der Waals surface area contributed by atoms with E-state index in [0.29, 0.717) is 0 Å². The van der Waals surface area contributed by atoms with E-state index < -0.39 is 52.6 Å². The predicted octanol–water partition coefficient (Wildman–Crippen LogP) is 3.89. The van der Waals surface area contributed by atoms with Crippen molar-refractivity contribution < 1.29 is 58.7 Å². The van der Waals surface area contributed by atoms with Gasteiger partial charge in [0.2, 0.25) is 5.75 Å². The number of carbonyl (C=O) groups is 1. The lowest BCUT2D eigenvalue weighted by molar-refractivity contribution is -0.388. The molecule has 7 nitrogen and oxygen atoms in total. The van der Waals surface area contributed by atoms with Crippen molar-refractivity contribution in [3.05, 3.63) is 22.2 Å². The highest BCUT2D eigenvalue weighted by Crippen LogP contribution is 2.42. The number of carbonyl (C=O) groups excluding carboxylic acids is 1. The van der Waals surface area contributed by atoms with Crippen molar-refractivity contribution in [2.24, 2.45) is 0 Å². The Hall–Kier alpha value is -2.94. The number of alkyl halides is 9. The van der Waals surface area contributed by atoms with E-state index >= 15 is 0 Å². The van der Waals surface area contributed by atoms with Gasteiger partial charge in [-0.25, -0.2) is 0 Å². The molecule has 1 aromatic carbocycles. The number of amides is 1. The summed E-state index contributed by atoms with van der Waals surface area (Å²) in [4.78, 5) is 19.9. The quantitative estimate of drug-likeness (QED) is 0.469. The van der Waals surface area contributed by atoms with E-state index in [1.54, 1.807) is 0 Å². The smallest absolute Gasteiger partial charge is 0.403 e. The number of nitro benzene ring substituents is 1. The molecule has 0 atom stereocenters. The van der Waals surface area contributed by atoms with Crippen molar-refractivity contribution in [1.82, 2.24) is 0 Å². The van der Waals surface area contributed by atoms with Gasteiger partial charge >= 0.3 is 30.5 Å². The zero-order valence-corrected chi connectivity index (χ0v) is 11.5. The normalized spacial score (nSPS) is 12.5. The molecule has 1 amide bonds. The molecule has 0 bridgehead atoms. The van der Waals surface area contributed by atoms with Gasteiger partial charge in [0.1, 0.15) is 0 Å². The lowest BCUT2D eigenvalue weighted by atomic mass is 10.2. The molecule has 0 aromatic heterocycles. The largest absolute Gasteiger partial charge is 0.573 e. The Balaban J connectivity index is 3.53. The van der Waals surface area contributed by atoms with Gasteiger partial charge in [0.25, 0.3) is 0 Å². The molecule has 0 aliphatic heterocycles. The molecule has 16 heteroatoms. The van der Waals surface area contributed by atoms with Crippen LogP contribution in [-0.2, 0) is 4.79 Å². The highest BCUT2D eigenvalue weighted by Gasteiger charge is 2.41. The van der Waals surface area contributed by atoms with Crippen molar-refractivity contribution in [2.45, 2.75) is 18.9 Å². The number of nitrogens with one attached hydrogen (secondary N) is 1. The predicted molar refractivity (Wildman–Crippen MR) is 61.1 cm³/mol. The number of benzene rings is 1. The first kappa shape index (κ1) is 21.1. The molecule has 1 N–H and O–H groups in total. The Morgan fingerprint density at radius 2 is 1.38 bits per heavy atom. The third-order valence-electron chi connectivity index (χ3n) is 2.21. The van der Waals surface area contributed by atoms with Crippen LogP contribution < -0.4 is 14.8 Å². The molecule has 0 aliphatic carbocycles. The van der Waals surface area contributed by atoms with Gasteiger partial charge < -0.3 is 14.8 Å². The first-order valence-electron chi connectivity index (χ1n) is 5.71. The minimum atomic E-state index is -5.64. The van der Waals surface area contributed by atoms with Crippen LogP contribution >= 0.6 is 0 Å². The van der Waals surface area contributed by atoms with Crippen LogP contribution in [0.25, 0.3) is 0 Å². The molecule has 0 unspecified atom stereocenters.